The number of nitrogens with two attached hydrogens (primary N) is 1. The van der Waals surface area contributed by atoms with E-state index >= 15 is 0 Å². The predicted octanol–water partition coefficient (Wildman–Crippen LogP) is 4.82. The number of fused-ring (bicyclic) bond motifs is 1. The maximum atomic E-state index is 14.0. The second-order valence-electron chi connectivity index (χ2n) is 13.5. The molecule has 45 heavy (non-hydrogen) atoms. The fraction of sp³-hybridized carbons (Fsp3) is 0.528. The van der Waals surface area contributed by atoms with E-state index in [9.17, 15) is 14.4 Å². The molecule has 2 aromatic carbocycles. The molecular formula is C36H47N5O3S. The molecule has 0 spiro atoms. The van der Waals surface area contributed by atoms with Crippen LogP contribution >= 0.6 is 11.3 Å². The Morgan fingerprint density at radius 2 is 1.67 bits per heavy atom. The van der Waals surface area contributed by atoms with E-state index in [2.05, 4.69) is 21.3 Å². The molecule has 0 radical (unpaired) electrons. The number of nitrogens with one attached hydrogen (secondary N) is 4. The molecule has 6 N–H and O–H groups in total. The number of thiophene rings is 1. The lowest BCUT2D eigenvalue weighted by Crippen LogP contribution is -2.61. The first-order valence-electron chi connectivity index (χ1n) is 16.8. The average molecular weight is 630 g/mol. The molecule has 240 valence electrons. The van der Waals surface area contributed by atoms with Crippen LogP contribution in [0.15, 0.2) is 60.7 Å². The van der Waals surface area contributed by atoms with Crippen LogP contribution in [0.3, 0.4) is 0 Å². The molecule has 3 saturated carbocycles. The van der Waals surface area contributed by atoms with Gasteiger partial charge in [-0.25, -0.2) is 0 Å². The SMILES string of the molecule is N[C@H]1CCCC[C@@H]1NC[C@@H]1CC[C@H](NC(=O)[C@@H](Cc2ccccc2)NC(=O)C2(NC(=O)c3cc4ccccc4s3)CCCC2)C1. The molecule has 5 atom stereocenters. The van der Waals surface area contributed by atoms with Crippen molar-refractivity contribution in [3.8, 4) is 0 Å². The zero-order valence-electron chi connectivity index (χ0n) is 26.1. The molecule has 8 nitrogen and oxygen atoms in total. The second kappa shape index (κ2) is 14.4. The summed E-state index contributed by atoms with van der Waals surface area (Å²) < 4.78 is 1.04. The van der Waals surface area contributed by atoms with Gasteiger partial charge in [-0.05, 0) is 80.5 Å². The first-order valence-corrected chi connectivity index (χ1v) is 17.7. The molecule has 0 aliphatic heterocycles. The summed E-state index contributed by atoms with van der Waals surface area (Å²) in [6.45, 7) is 0.928. The van der Waals surface area contributed by atoms with Crippen molar-refractivity contribution in [2.75, 3.05) is 6.54 Å². The van der Waals surface area contributed by atoms with Crippen LogP contribution in [0, 0.1) is 5.92 Å². The Hall–Kier alpha value is -3.27. The highest BCUT2D eigenvalue weighted by Gasteiger charge is 2.44. The first kappa shape index (κ1) is 31.7. The lowest BCUT2D eigenvalue weighted by molar-refractivity contribution is -0.132. The number of carbonyl (C=O) groups excluding carboxylic acids is 3. The Balaban J connectivity index is 1.10. The van der Waals surface area contributed by atoms with Gasteiger partial charge in [-0.1, -0.05) is 74.2 Å². The smallest absolute Gasteiger partial charge is 0.262 e. The monoisotopic (exact) mass is 629 g/mol. The van der Waals surface area contributed by atoms with Gasteiger partial charge >= 0.3 is 0 Å². The summed E-state index contributed by atoms with van der Waals surface area (Å²) in [5.41, 5.74) is 6.28. The minimum atomic E-state index is -1.04. The van der Waals surface area contributed by atoms with Gasteiger partial charge in [-0.15, -0.1) is 11.3 Å². The Labute approximate surface area is 270 Å². The summed E-state index contributed by atoms with van der Waals surface area (Å²) in [6, 6.07) is 19.5. The van der Waals surface area contributed by atoms with Crippen molar-refractivity contribution in [1.29, 1.82) is 0 Å². The summed E-state index contributed by atoms with van der Waals surface area (Å²) >= 11 is 1.43. The van der Waals surface area contributed by atoms with Crippen molar-refractivity contribution < 1.29 is 14.4 Å². The highest BCUT2D eigenvalue weighted by Crippen LogP contribution is 2.32. The second-order valence-corrected chi connectivity index (χ2v) is 14.5. The van der Waals surface area contributed by atoms with Crippen molar-refractivity contribution in [2.45, 2.75) is 107 Å². The molecule has 3 aliphatic carbocycles. The summed E-state index contributed by atoms with van der Waals surface area (Å²) in [5.74, 6) is -0.179. The van der Waals surface area contributed by atoms with Gasteiger partial charge < -0.3 is 27.0 Å². The fourth-order valence-electron chi connectivity index (χ4n) is 7.54. The van der Waals surface area contributed by atoms with Crippen LogP contribution in [0.5, 0.6) is 0 Å². The van der Waals surface area contributed by atoms with E-state index in [1.807, 2.05) is 60.7 Å². The van der Waals surface area contributed by atoms with E-state index in [0.717, 1.165) is 67.1 Å². The van der Waals surface area contributed by atoms with Crippen molar-refractivity contribution in [3.63, 3.8) is 0 Å². The maximum absolute atomic E-state index is 14.0. The van der Waals surface area contributed by atoms with Crippen molar-refractivity contribution in [1.82, 2.24) is 21.3 Å². The van der Waals surface area contributed by atoms with Crippen LogP contribution in [-0.4, -0.2) is 54.0 Å². The van der Waals surface area contributed by atoms with Crippen LogP contribution < -0.4 is 27.0 Å². The summed E-state index contributed by atoms with van der Waals surface area (Å²) in [5, 5.41) is 14.2. The third kappa shape index (κ3) is 7.76. The van der Waals surface area contributed by atoms with E-state index in [1.165, 1.54) is 24.2 Å². The quantitative estimate of drug-likeness (QED) is 0.208. The average Bonchev–Trinajstić information content (AvgIpc) is 3.81. The van der Waals surface area contributed by atoms with Gasteiger partial charge in [-0.2, -0.15) is 0 Å². The Bertz CT molecular complexity index is 1440. The maximum Gasteiger partial charge on any atom is 0.262 e. The standard InChI is InChI=1S/C36H47N5O3S/c37-28-13-5-6-14-29(28)38-23-25-16-17-27(20-25)39-33(42)30(21-24-10-2-1-3-11-24)40-35(44)36(18-8-9-19-36)41-34(43)32-22-26-12-4-7-15-31(26)45-32/h1-4,7,10-12,15,22,25,27-30,38H,5-6,8-9,13-14,16-21,23,37H2,(H,39,42)(H,40,44)(H,41,43)/t25-,27+,28+,29+,30-/m1/s1. The number of rotatable bonds is 11. The van der Waals surface area contributed by atoms with Gasteiger partial charge in [-0.3, -0.25) is 14.4 Å². The lowest BCUT2D eigenvalue weighted by Gasteiger charge is -2.31. The van der Waals surface area contributed by atoms with E-state index in [4.69, 9.17) is 5.73 Å². The highest BCUT2D eigenvalue weighted by atomic mass is 32.1. The van der Waals surface area contributed by atoms with E-state index in [1.54, 1.807) is 0 Å². The Morgan fingerprint density at radius 3 is 2.44 bits per heavy atom. The summed E-state index contributed by atoms with van der Waals surface area (Å²) in [4.78, 5) is 41.9. The Morgan fingerprint density at radius 1 is 0.911 bits per heavy atom. The van der Waals surface area contributed by atoms with Gasteiger partial charge in [0.1, 0.15) is 11.6 Å². The normalized spacial score (nSPS) is 25.1. The van der Waals surface area contributed by atoms with Crippen molar-refractivity contribution >= 4 is 39.1 Å². The summed E-state index contributed by atoms with van der Waals surface area (Å²) in [7, 11) is 0. The highest BCUT2D eigenvalue weighted by molar-refractivity contribution is 7.20. The molecule has 3 amide bonds. The van der Waals surface area contributed by atoms with Crippen LogP contribution in [0.25, 0.3) is 10.1 Å². The predicted molar refractivity (Wildman–Crippen MR) is 180 cm³/mol. The molecule has 3 aliphatic rings. The number of amides is 3. The number of benzene rings is 2. The molecule has 9 heteroatoms. The minimum absolute atomic E-state index is 0.0765. The molecular weight excluding hydrogens is 582 g/mol. The van der Waals surface area contributed by atoms with Crippen molar-refractivity contribution in [3.05, 3.63) is 71.1 Å². The Kier molecular flexibility index (Phi) is 10.2. The van der Waals surface area contributed by atoms with Crippen LogP contribution in [0.1, 0.15) is 85.9 Å². The lowest BCUT2D eigenvalue weighted by atomic mass is 9.90. The van der Waals surface area contributed by atoms with Crippen LogP contribution in [0.2, 0.25) is 0 Å². The van der Waals surface area contributed by atoms with E-state index < -0.39 is 11.6 Å². The molecule has 6 rings (SSSR count). The number of carbonyl (C=O) groups is 3. The number of hydrogen-bond acceptors (Lipinski definition) is 6. The van der Waals surface area contributed by atoms with E-state index in [-0.39, 0.29) is 29.8 Å². The topological polar surface area (TPSA) is 125 Å². The third-order valence-corrected chi connectivity index (χ3v) is 11.3. The number of hydrogen-bond donors (Lipinski definition) is 5. The molecule has 0 saturated heterocycles. The third-order valence-electron chi connectivity index (χ3n) is 10.2. The summed E-state index contributed by atoms with van der Waals surface area (Å²) in [6.07, 6.45) is 10.8. The van der Waals surface area contributed by atoms with Crippen LogP contribution in [0.4, 0.5) is 0 Å². The van der Waals surface area contributed by atoms with E-state index in [0.29, 0.717) is 36.1 Å². The van der Waals surface area contributed by atoms with Gasteiger partial charge in [0.05, 0.1) is 4.88 Å². The van der Waals surface area contributed by atoms with Gasteiger partial charge in [0, 0.05) is 29.2 Å². The fourth-order valence-corrected chi connectivity index (χ4v) is 8.50. The van der Waals surface area contributed by atoms with Gasteiger partial charge in [0.25, 0.3) is 5.91 Å². The first-order chi connectivity index (χ1) is 21.9. The zero-order chi connectivity index (χ0) is 31.2. The largest absolute Gasteiger partial charge is 0.352 e. The molecule has 3 aromatic rings. The molecule has 1 aromatic heterocycles. The minimum Gasteiger partial charge on any atom is -0.352 e. The molecule has 0 bridgehead atoms. The molecule has 3 fully saturated rings. The van der Waals surface area contributed by atoms with Crippen LogP contribution in [-0.2, 0) is 16.0 Å². The zero-order valence-corrected chi connectivity index (χ0v) is 26.9. The molecule has 0 unspecified atom stereocenters. The van der Waals surface area contributed by atoms with Gasteiger partial charge in [0.15, 0.2) is 0 Å². The van der Waals surface area contributed by atoms with Crippen molar-refractivity contribution in [2.24, 2.45) is 11.7 Å². The molecule has 1 heterocycles. The van der Waals surface area contributed by atoms with Gasteiger partial charge in [0.2, 0.25) is 11.8 Å².